The molecule has 146 valence electrons. The first-order valence-electron chi connectivity index (χ1n) is 8.55. The molecule has 0 radical (unpaired) electrons. The van der Waals surface area contributed by atoms with E-state index in [1.54, 1.807) is 0 Å². The van der Waals surface area contributed by atoms with E-state index in [2.05, 4.69) is 5.32 Å². The van der Waals surface area contributed by atoms with Gasteiger partial charge in [0.2, 0.25) is 0 Å². The monoisotopic (exact) mass is 387 g/mol. The average Bonchev–Trinajstić information content (AvgIpc) is 2.91. The summed E-state index contributed by atoms with van der Waals surface area (Å²) in [6.45, 7) is 0.180. The van der Waals surface area contributed by atoms with E-state index in [9.17, 15) is 18.4 Å². The van der Waals surface area contributed by atoms with Crippen molar-refractivity contribution in [3.05, 3.63) is 65.4 Å². The van der Waals surface area contributed by atoms with Crippen molar-refractivity contribution < 1.29 is 23.5 Å². The summed E-state index contributed by atoms with van der Waals surface area (Å²) >= 11 is 0. The highest BCUT2D eigenvalue weighted by atomic mass is 19.1. The quantitative estimate of drug-likeness (QED) is 0.589. The molecule has 0 atom stereocenters. The summed E-state index contributed by atoms with van der Waals surface area (Å²) in [5, 5.41) is 11.7. The summed E-state index contributed by atoms with van der Waals surface area (Å²) < 4.78 is 26.9. The summed E-state index contributed by atoms with van der Waals surface area (Å²) in [4.78, 5) is 27.6. The number of phenolic OH excluding ortho intramolecular Hbond substituents is 1. The summed E-state index contributed by atoms with van der Waals surface area (Å²) in [5.74, 6) is -4.52. The van der Waals surface area contributed by atoms with E-state index in [0.717, 1.165) is 34.4 Å². The third-order valence-corrected chi connectivity index (χ3v) is 4.38. The first-order valence-corrected chi connectivity index (χ1v) is 8.55. The van der Waals surface area contributed by atoms with Crippen LogP contribution >= 0.6 is 0 Å². The predicted octanol–water partition coefficient (Wildman–Crippen LogP) is 2.64. The Labute approximate surface area is 160 Å². The van der Waals surface area contributed by atoms with E-state index >= 15 is 0 Å². The fraction of sp³-hybridized carbons (Fsp3) is 0.200. The van der Waals surface area contributed by atoms with E-state index in [4.69, 9.17) is 5.11 Å². The molecule has 1 aliphatic rings. The number of amides is 2. The van der Waals surface area contributed by atoms with Crippen molar-refractivity contribution in [2.75, 3.05) is 30.9 Å². The first-order chi connectivity index (χ1) is 13.3. The summed E-state index contributed by atoms with van der Waals surface area (Å²) in [7, 11) is 3.87. The SMILES string of the molecule is CN(C)c1ccc(CCN2C(=O)C=C(Nc3cc(F)c(O)c(F)c3)C2=O)cc1. The van der Waals surface area contributed by atoms with Crippen LogP contribution in [0, 0.1) is 11.6 Å². The van der Waals surface area contributed by atoms with Crippen molar-refractivity contribution in [1.29, 1.82) is 0 Å². The molecule has 0 unspecified atom stereocenters. The number of benzene rings is 2. The highest BCUT2D eigenvalue weighted by Crippen LogP contribution is 2.26. The van der Waals surface area contributed by atoms with E-state index in [0.29, 0.717) is 6.42 Å². The van der Waals surface area contributed by atoms with Crippen molar-refractivity contribution in [3.63, 3.8) is 0 Å². The molecule has 28 heavy (non-hydrogen) atoms. The number of rotatable bonds is 6. The van der Waals surface area contributed by atoms with Crippen molar-refractivity contribution in [1.82, 2.24) is 4.90 Å². The average molecular weight is 387 g/mol. The molecule has 1 heterocycles. The number of halogens is 2. The third-order valence-electron chi connectivity index (χ3n) is 4.38. The fourth-order valence-corrected chi connectivity index (χ4v) is 2.80. The minimum Gasteiger partial charge on any atom is -0.503 e. The van der Waals surface area contributed by atoms with Gasteiger partial charge in [-0.1, -0.05) is 12.1 Å². The molecule has 6 nitrogen and oxygen atoms in total. The molecule has 2 N–H and O–H groups in total. The molecule has 0 fully saturated rings. The number of phenols is 1. The molecule has 0 bridgehead atoms. The summed E-state index contributed by atoms with van der Waals surface area (Å²) in [6, 6.07) is 9.42. The third kappa shape index (κ3) is 3.95. The van der Waals surface area contributed by atoms with Crippen LogP contribution in [0.5, 0.6) is 5.75 Å². The molecule has 0 spiro atoms. The van der Waals surface area contributed by atoms with Gasteiger partial charge in [0.15, 0.2) is 17.4 Å². The largest absolute Gasteiger partial charge is 0.503 e. The smallest absolute Gasteiger partial charge is 0.277 e. The van der Waals surface area contributed by atoms with Crippen LogP contribution in [-0.4, -0.2) is 42.5 Å². The molecule has 0 saturated heterocycles. The number of nitrogens with zero attached hydrogens (tertiary/aromatic N) is 2. The van der Waals surface area contributed by atoms with E-state index in [-0.39, 0.29) is 17.9 Å². The summed E-state index contributed by atoms with van der Waals surface area (Å²) in [6.07, 6.45) is 1.56. The Balaban J connectivity index is 1.65. The lowest BCUT2D eigenvalue weighted by molar-refractivity contribution is -0.137. The van der Waals surface area contributed by atoms with Gasteiger partial charge in [0, 0.05) is 50.2 Å². The minimum absolute atomic E-state index is 0.0821. The van der Waals surface area contributed by atoms with Crippen LogP contribution in [0.1, 0.15) is 5.56 Å². The Kier molecular flexibility index (Phi) is 5.30. The second-order valence-electron chi connectivity index (χ2n) is 6.58. The van der Waals surface area contributed by atoms with Crippen LogP contribution in [0.3, 0.4) is 0 Å². The van der Waals surface area contributed by atoms with Crippen LogP contribution < -0.4 is 10.2 Å². The molecule has 0 aliphatic carbocycles. The molecule has 2 amide bonds. The lowest BCUT2D eigenvalue weighted by Crippen LogP contribution is -2.33. The molecule has 3 rings (SSSR count). The zero-order valence-corrected chi connectivity index (χ0v) is 15.4. The maximum Gasteiger partial charge on any atom is 0.277 e. The molecular formula is C20H19F2N3O3. The maximum absolute atomic E-state index is 13.4. The van der Waals surface area contributed by atoms with Crippen molar-refractivity contribution in [2.45, 2.75) is 6.42 Å². The molecule has 2 aromatic carbocycles. The number of hydrogen-bond acceptors (Lipinski definition) is 5. The number of carbonyl (C=O) groups is 2. The second-order valence-corrected chi connectivity index (χ2v) is 6.58. The number of anilines is 2. The van der Waals surface area contributed by atoms with Crippen LogP contribution in [0.25, 0.3) is 0 Å². The highest BCUT2D eigenvalue weighted by molar-refractivity contribution is 6.17. The van der Waals surface area contributed by atoms with E-state index in [1.165, 1.54) is 0 Å². The zero-order valence-electron chi connectivity index (χ0n) is 15.4. The normalized spacial score (nSPS) is 13.7. The molecule has 0 saturated carbocycles. The zero-order chi connectivity index (χ0) is 20.4. The van der Waals surface area contributed by atoms with Crippen LogP contribution in [0.2, 0.25) is 0 Å². The molecular weight excluding hydrogens is 368 g/mol. The Morgan fingerprint density at radius 1 is 1.07 bits per heavy atom. The standard InChI is InChI=1S/C20H19F2N3O3/c1-24(2)14-5-3-12(4-6-14)7-8-25-18(26)11-17(20(25)28)23-13-9-15(21)19(27)16(22)10-13/h3-6,9-11,23,27H,7-8H2,1-2H3. The Morgan fingerprint density at radius 2 is 1.68 bits per heavy atom. The van der Waals surface area contributed by atoms with Gasteiger partial charge in [-0.05, 0) is 24.1 Å². The highest BCUT2D eigenvalue weighted by Gasteiger charge is 2.31. The fourth-order valence-electron chi connectivity index (χ4n) is 2.80. The predicted molar refractivity (Wildman–Crippen MR) is 101 cm³/mol. The van der Waals surface area contributed by atoms with Crippen molar-refractivity contribution in [2.24, 2.45) is 0 Å². The Hall–Kier alpha value is -3.42. The number of nitrogens with one attached hydrogen (secondary N) is 1. The number of hydrogen-bond donors (Lipinski definition) is 2. The van der Waals surface area contributed by atoms with Gasteiger partial charge in [-0.3, -0.25) is 14.5 Å². The topological polar surface area (TPSA) is 72.9 Å². The molecule has 0 aromatic heterocycles. The van der Waals surface area contributed by atoms with E-state index < -0.39 is 29.2 Å². The number of imide groups is 1. The van der Waals surface area contributed by atoms with Gasteiger partial charge < -0.3 is 15.3 Å². The van der Waals surface area contributed by atoms with Gasteiger partial charge in [-0.15, -0.1) is 0 Å². The molecule has 2 aromatic rings. The maximum atomic E-state index is 13.4. The van der Waals surface area contributed by atoms with Gasteiger partial charge in [-0.2, -0.15) is 0 Å². The first kappa shape index (κ1) is 19.3. The lowest BCUT2D eigenvalue weighted by Gasteiger charge is -2.16. The number of aromatic hydroxyl groups is 1. The van der Waals surface area contributed by atoms with Crippen molar-refractivity contribution >= 4 is 23.2 Å². The second kappa shape index (κ2) is 7.67. The minimum atomic E-state index is -1.17. The van der Waals surface area contributed by atoms with Crippen LogP contribution in [0.4, 0.5) is 20.2 Å². The summed E-state index contributed by atoms with van der Waals surface area (Å²) in [5.41, 5.74) is 1.84. The van der Waals surface area contributed by atoms with Gasteiger partial charge in [0.05, 0.1) is 0 Å². The van der Waals surface area contributed by atoms with Crippen LogP contribution in [-0.2, 0) is 16.0 Å². The van der Waals surface area contributed by atoms with Gasteiger partial charge in [0.25, 0.3) is 11.8 Å². The van der Waals surface area contributed by atoms with Crippen LogP contribution in [0.15, 0.2) is 48.2 Å². The van der Waals surface area contributed by atoms with Gasteiger partial charge in [0.1, 0.15) is 5.70 Å². The van der Waals surface area contributed by atoms with Gasteiger partial charge in [-0.25, -0.2) is 8.78 Å². The molecule has 1 aliphatic heterocycles. The molecule has 8 heteroatoms. The Bertz CT molecular complexity index is 933. The number of carbonyl (C=O) groups excluding carboxylic acids is 2. The van der Waals surface area contributed by atoms with Gasteiger partial charge >= 0.3 is 0 Å². The lowest BCUT2D eigenvalue weighted by atomic mass is 10.1. The van der Waals surface area contributed by atoms with Crippen molar-refractivity contribution in [3.8, 4) is 5.75 Å². The van der Waals surface area contributed by atoms with E-state index in [1.807, 2.05) is 43.3 Å². The Morgan fingerprint density at radius 3 is 2.25 bits per heavy atom.